The van der Waals surface area contributed by atoms with Crippen molar-refractivity contribution >= 4 is 17.2 Å². The first kappa shape index (κ1) is 18.8. The summed E-state index contributed by atoms with van der Waals surface area (Å²) in [7, 11) is 1.96. The second-order valence-electron chi connectivity index (χ2n) is 7.88. The smallest absolute Gasteiger partial charge is 0.264 e. The fourth-order valence-corrected chi connectivity index (χ4v) is 5.73. The lowest BCUT2D eigenvalue weighted by atomic mass is 9.80. The summed E-state index contributed by atoms with van der Waals surface area (Å²) in [6.45, 7) is 0. The van der Waals surface area contributed by atoms with Gasteiger partial charge in [0.1, 0.15) is 0 Å². The maximum Gasteiger partial charge on any atom is 0.264 e. The lowest BCUT2D eigenvalue weighted by Crippen LogP contribution is -2.42. The van der Waals surface area contributed by atoms with Crippen LogP contribution in [0.2, 0.25) is 0 Å². The Morgan fingerprint density at radius 2 is 1.23 bits per heavy atom. The monoisotopic (exact) mass is 409 g/mol. The van der Waals surface area contributed by atoms with Gasteiger partial charge >= 0.3 is 0 Å². The summed E-state index contributed by atoms with van der Waals surface area (Å²) in [6, 6.07) is 35.6. The molecule has 4 aromatic rings. The molecule has 30 heavy (non-hydrogen) atoms. The zero-order valence-corrected chi connectivity index (χ0v) is 17.7. The van der Waals surface area contributed by atoms with Crippen molar-refractivity contribution in [3.05, 3.63) is 130 Å². The van der Waals surface area contributed by atoms with Gasteiger partial charge in [-0.05, 0) is 34.6 Å². The minimum Gasteiger partial charge on any atom is -0.330 e. The highest BCUT2D eigenvalue weighted by atomic mass is 32.1. The van der Waals surface area contributed by atoms with E-state index in [0.29, 0.717) is 0 Å². The van der Waals surface area contributed by atoms with E-state index in [9.17, 15) is 4.79 Å². The van der Waals surface area contributed by atoms with E-state index in [-0.39, 0.29) is 11.3 Å². The SMILES string of the molecule is CN(C(=O)c1cccs1)C1(c2ccccc2)CC1(c1ccccc1)c1ccccc1. The van der Waals surface area contributed by atoms with Crippen LogP contribution < -0.4 is 0 Å². The molecule has 1 unspecified atom stereocenters. The third-order valence-corrected chi connectivity index (χ3v) is 7.35. The van der Waals surface area contributed by atoms with Crippen LogP contribution in [0.3, 0.4) is 0 Å². The second-order valence-corrected chi connectivity index (χ2v) is 8.83. The van der Waals surface area contributed by atoms with Crippen LogP contribution in [0.25, 0.3) is 0 Å². The van der Waals surface area contributed by atoms with Gasteiger partial charge in [0.05, 0.1) is 15.8 Å². The number of carbonyl (C=O) groups excluding carboxylic acids is 1. The van der Waals surface area contributed by atoms with Gasteiger partial charge in [-0.25, -0.2) is 0 Å². The number of rotatable bonds is 5. The molecule has 5 rings (SSSR count). The van der Waals surface area contributed by atoms with Gasteiger partial charge in [-0.3, -0.25) is 4.79 Å². The van der Waals surface area contributed by atoms with E-state index in [2.05, 4.69) is 84.9 Å². The molecule has 1 amide bonds. The zero-order valence-electron chi connectivity index (χ0n) is 16.9. The standard InChI is InChI=1S/C27H23NOS/c1-28(25(29)24-18-11-19-30-24)27(23-16-9-4-10-17-23)20-26(27,21-12-5-2-6-13-21)22-14-7-3-8-15-22/h2-19H,20H2,1H3. The number of hydrogen-bond donors (Lipinski definition) is 0. The van der Waals surface area contributed by atoms with Crippen LogP contribution >= 0.6 is 11.3 Å². The Morgan fingerprint density at radius 3 is 1.70 bits per heavy atom. The molecule has 3 heteroatoms. The van der Waals surface area contributed by atoms with Crippen molar-refractivity contribution in [1.29, 1.82) is 0 Å². The summed E-state index contributed by atoms with van der Waals surface area (Å²) < 4.78 is 0. The third kappa shape index (κ3) is 2.66. The van der Waals surface area contributed by atoms with Crippen molar-refractivity contribution in [2.45, 2.75) is 17.4 Å². The van der Waals surface area contributed by atoms with Gasteiger partial charge in [0.15, 0.2) is 0 Å². The number of nitrogens with zero attached hydrogens (tertiary/aromatic N) is 1. The predicted octanol–water partition coefficient (Wildman–Crippen LogP) is 6.11. The predicted molar refractivity (Wildman–Crippen MR) is 123 cm³/mol. The van der Waals surface area contributed by atoms with E-state index in [4.69, 9.17) is 0 Å². The van der Waals surface area contributed by atoms with Gasteiger partial charge < -0.3 is 4.90 Å². The lowest BCUT2D eigenvalue weighted by Gasteiger charge is -2.35. The van der Waals surface area contributed by atoms with Crippen LogP contribution in [-0.2, 0) is 11.0 Å². The molecule has 2 nitrogen and oxygen atoms in total. The molecule has 0 saturated heterocycles. The Bertz CT molecular complexity index is 1100. The average molecular weight is 410 g/mol. The minimum atomic E-state index is -0.446. The summed E-state index contributed by atoms with van der Waals surface area (Å²) >= 11 is 1.50. The van der Waals surface area contributed by atoms with Gasteiger partial charge in [-0.1, -0.05) is 97.1 Å². The molecule has 148 valence electrons. The van der Waals surface area contributed by atoms with E-state index in [1.54, 1.807) is 0 Å². The molecule has 0 bridgehead atoms. The molecule has 0 aliphatic heterocycles. The Hall–Kier alpha value is -3.17. The summed E-state index contributed by atoms with van der Waals surface area (Å²) in [6.07, 6.45) is 0.853. The highest BCUT2D eigenvalue weighted by Crippen LogP contribution is 2.70. The number of benzene rings is 3. The molecule has 1 atom stereocenters. The lowest BCUT2D eigenvalue weighted by molar-refractivity contribution is 0.0690. The highest BCUT2D eigenvalue weighted by Gasteiger charge is 2.72. The minimum absolute atomic E-state index is 0.0718. The quantitative estimate of drug-likeness (QED) is 0.390. The van der Waals surface area contributed by atoms with Crippen LogP contribution in [0.1, 0.15) is 32.8 Å². The van der Waals surface area contributed by atoms with Crippen LogP contribution in [0, 0.1) is 0 Å². The van der Waals surface area contributed by atoms with Crippen LogP contribution in [0.4, 0.5) is 0 Å². The van der Waals surface area contributed by atoms with Gasteiger partial charge in [-0.2, -0.15) is 0 Å². The van der Waals surface area contributed by atoms with Crippen molar-refractivity contribution < 1.29 is 4.79 Å². The molecule has 0 spiro atoms. The fourth-order valence-electron chi connectivity index (χ4n) is 5.03. The van der Waals surface area contributed by atoms with E-state index < -0.39 is 5.54 Å². The second kappa shape index (κ2) is 7.26. The molecule has 0 radical (unpaired) electrons. The first-order chi connectivity index (χ1) is 14.7. The summed E-state index contributed by atoms with van der Waals surface area (Å²) in [5, 5.41) is 1.96. The maximum atomic E-state index is 13.6. The van der Waals surface area contributed by atoms with Gasteiger partial charge in [0, 0.05) is 7.05 Å². The van der Waals surface area contributed by atoms with Crippen LogP contribution in [0.5, 0.6) is 0 Å². The Balaban J connectivity index is 1.74. The van der Waals surface area contributed by atoms with Crippen LogP contribution in [0.15, 0.2) is 109 Å². The molecule has 1 heterocycles. The first-order valence-corrected chi connectivity index (χ1v) is 11.1. The van der Waals surface area contributed by atoms with Crippen molar-refractivity contribution in [3.63, 3.8) is 0 Å². The first-order valence-electron chi connectivity index (χ1n) is 10.2. The van der Waals surface area contributed by atoms with Gasteiger partial charge in [0.2, 0.25) is 0 Å². The van der Waals surface area contributed by atoms with Gasteiger partial charge in [-0.15, -0.1) is 11.3 Å². The molecule has 1 aromatic heterocycles. The molecular formula is C27H23NOS. The topological polar surface area (TPSA) is 20.3 Å². The van der Waals surface area contributed by atoms with E-state index in [1.165, 1.54) is 28.0 Å². The molecule has 1 aliphatic carbocycles. The molecule has 1 aliphatic rings. The Labute approximate surface area is 181 Å². The molecule has 1 saturated carbocycles. The maximum absolute atomic E-state index is 13.6. The number of hydrogen-bond acceptors (Lipinski definition) is 2. The van der Waals surface area contributed by atoms with Gasteiger partial charge in [0.25, 0.3) is 5.91 Å². The van der Waals surface area contributed by atoms with Crippen molar-refractivity contribution in [2.24, 2.45) is 0 Å². The molecule has 0 N–H and O–H groups in total. The number of thiophene rings is 1. The Morgan fingerprint density at radius 1 is 0.733 bits per heavy atom. The van der Waals surface area contributed by atoms with E-state index in [0.717, 1.165) is 11.3 Å². The summed E-state index contributed by atoms with van der Waals surface area (Å²) in [5.41, 5.74) is 2.92. The number of carbonyl (C=O) groups is 1. The highest BCUT2D eigenvalue weighted by molar-refractivity contribution is 7.12. The van der Waals surface area contributed by atoms with E-state index in [1.807, 2.05) is 35.5 Å². The molecular weight excluding hydrogens is 386 g/mol. The summed E-state index contributed by atoms with van der Waals surface area (Å²) in [4.78, 5) is 16.3. The zero-order chi connectivity index (χ0) is 20.6. The fraction of sp³-hybridized carbons (Fsp3) is 0.148. The van der Waals surface area contributed by atoms with E-state index >= 15 is 0 Å². The Kier molecular flexibility index (Phi) is 4.56. The largest absolute Gasteiger partial charge is 0.330 e. The average Bonchev–Trinajstić information content (AvgIpc) is 3.24. The van der Waals surface area contributed by atoms with Crippen molar-refractivity contribution in [1.82, 2.24) is 4.90 Å². The normalized spacial score (nSPS) is 19.2. The summed E-state index contributed by atoms with van der Waals surface area (Å²) in [5.74, 6) is 0.0718. The van der Waals surface area contributed by atoms with Crippen LogP contribution in [-0.4, -0.2) is 17.9 Å². The van der Waals surface area contributed by atoms with Crippen molar-refractivity contribution in [2.75, 3.05) is 7.05 Å². The number of likely N-dealkylation sites (N-methyl/N-ethyl adjacent to an activating group) is 1. The molecule has 3 aromatic carbocycles. The third-order valence-electron chi connectivity index (χ3n) is 6.50. The van der Waals surface area contributed by atoms with Crippen molar-refractivity contribution in [3.8, 4) is 0 Å². The molecule has 1 fully saturated rings. The number of amides is 1.